The zero-order valence-corrected chi connectivity index (χ0v) is 26.9. The van der Waals surface area contributed by atoms with Gasteiger partial charge in [-0.25, -0.2) is 0 Å². The highest BCUT2D eigenvalue weighted by molar-refractivity contribution is 5.86. The minimum atomic E-state index is -0.0153. The lowest BCUT2D eigenvalue weighted by Crippen LogP contribution is -2.17. The van der Waals surface area contributed by atoms with Crippen LogP contribution in [0.15, 0.2) is 42.5 Å². The van der Waals surface area contributed by atoms with Crippen molar-refractivity contribution in [2.45, 2.75) is 132 Å². The van der Waals surface area contributed by atoms with Crippen LogP contribution in [0.3, 0.4) is 0 Å². The Labute approximate surface area is 235 Å². The van der Waals surface area contributed by atoms with Crippen molar-refractivity contribution in [1.82, 2.24) is 0 Å². The molecule has 0 bridgehead atoms. The van der Waals surface area contributed by atoms with Crippen molar-refractivity contribution in [2.24, 2.45) is 0 Å². The molecule has 206 valence electrons. The first-order valence-electron chi connectivity index (χ1n) is 15.0. The molecule has 0 radical (unpaired) electrons. The summed E-state index contributed by atoms with van der Waals surface area (Å²) in [4.78, 5) is 0. The van der Waals surface area contributed by atoms with Crippen LogP contribution in [0.2, 0.25) is 0 Å². The lowest BCUT2D eigenvalue weighted by atomic mass is 9.72. The third-order valence-electron chi connectivity index (χ3n) is 8.07. The lowest BCUT2D eigenvalue weighted by molar-refractivity contribution is 0.593. The van der Waals surface area contributed by atoms with E-state index in [9.17, 15) is 0 Å². The average molecular weight is 511 g/mol. The zero-order chi connectivity index (χ0) is 28.7. The van der Waals surface area contributed by atoms with E-state index in [4.69, 9.17) is 0 Å². The average Bonchev–Trinajstić information content (AvgIpc) is 2.81. The van der Waals surface area contributed by atoms with Gasteiger partial charge in [0.15, 0.2) is 0 Å². The van der Waals surface area contributed by atoms with Crippen molar-refractivity contribution < 1.29 is 0 Å². The second-order valence-corrected chi connectivity index (χ2v) is 14.1. The smallest absolute Gasteiger partial charge is 0.0111 e. The van der Waals surface area contributed by atoms with Gasteiger partial charge in [-0.2, -0.15) is 0 Å². The SMILES string of the molecule is Cc1cc(C(C)C)c(-c2cccc(-c3c(C(C)C)cc(C(C)C)cc3C(C)C)c2C(C)(C)C)c(C(C)C)c1. The van der Waals surface area contributed by atoms with Crippen LogP contribution in [0.5, 0.6) is 0 Å². The monoisotopic (exact) mass is 510 g/mol. The van der Waals surface area contributed by atoms with E-state index in [0.29, 0.717) is 29.6 Å². The van der Waals surface area contributed by atoms with Gasteiger partial charge in [-0.05, 0) is 97.6 Å². The highest BCUT2D eigenvalue weighted by Gasteiger charge is 2.29. The molecule has 0 fully saturated rings. The Bertz CT molecular complexity index is 1210. The van der Waals surface area contributed by atoms with E-state index in [1.807, 2.05) is 0 Å². The highest BCUT2D eigenvalue weighted by atomic mass is 14.3. The summed E-state index contributed by atoms with van der Waals surface area (Å²) in [7, 11) is 0. The van der Waals surface area contributed by atoms with Crippen molar-refractivity contribution in [3.63, 3.8) is 0 Å². The van der Waals surface area contributed by atoms with Crippen LogP contribution in [0.25, 0.3) is 22.3 Å². The Morgan fingerprint density at radius 2 is 0.842 bits per heavy atom. The maximum Gasteiger partial charge on any atom is -0.0111 e. The first-order chi connectivity index (χ1) is 17.6. The molecule has 0 unspecified atom stereocenters. The topological polar surface area (TPSA) is 0 Å². The largest absolute Gasteiger partial charge is 0.0610 e. The molecule has 0 saturated heterocycles. The molecule has 0 nitrogen and oxygen atoms in total. The molecular weight excluding hydrogens is 456 g/mol. The lowest BCUT2D eigenvalue weighted by Gasteiger charge is -2.32. The molecule has 0 aliphatic rings. The van der Waals surface area contributed by atoms with Crippen LogP contribution in [0.4, 0.5) is 0 Å². The van der Waals surface area contributed by atoms with Crippen LogP contribution in [0, 0.1) is 6.92 Å². The van der Waals surface area contributed by atoms with E-state index in [1.165, 1.54) is 61.2 Å². The van der Waals surface area contributed by atoms with Crippen molar-refractivity contribution >= 4 is 0 Å². The fraction of sp³-hybridized carbons (Fsp3) is 0.526. The fourth-order valence-corrected chi connectivity index (χ4v) is 6.11. The van der Waals surface area contributed by atoms with Gasteiger partial charge in [-0.1, -0.05) is 138 Å². The number of aryl methyl sites for hydroxylation is 1. The van der Waals surface area contributed by atoms with E-state index in [2.05, 4.69) is 139 Å². The molecule has 0 heteroatoms. The van der Waals surface area contributed by atoms with Gasteiger partial charge in [0.05, 0.1) is 0 Å². The summed E-state index contributed by atoms with van der Waals surface area (Å²) >= 11 is 0. The number of hydrogen-bond donors (Lipinski definition) is 0. The molecule has 0 spiro atoms. The molecular formula is C38H54. The number of rotatable bonds is 7. The molecule has 0 saturated carbocycles. The van der Waals surface area contributed by atoms with Crippen molar-refractivity contribution in [2.75, 3.05) is 0 Å². The maximum absolute atomic E-state index is 2.50. The highest BCUT2D eigenvalue weighted by Crippen LogP contribution is 2.48. The van der Waals surface area contributed by atoms with E-state index in [-0.39, 0.29) is 5.41 Å². The Hall–Kier alpha value is -2.34. The van der Waals surface area contributed by atoms with Crippen molar-refractivity contribution in [1.29, 1.82) is 0 Å². The van der Waals surface area contributed by atoms with E-state index in [1.54, 1.807) is 0 Å². The summed E-state index contributed by atoms with van der Waals surface area (Å²) in [5.41, 5.74) is 16.0. The Kier molecular flexibility index (Phi) is 9.07. The van der Waals surface area contributed by atoms with Gasteiger partial charge in [0, 0.05) is 0 Å². The Morgan fingerprint density at radius 3 is 1.13 bits per heavy atom. The summed E-state index contributed by atoms with van der Waals surface area (Å²) in [6.07, 6.45) is 0. The quantitative estimate of drug-likeness (QED) is 0.296. The summed E-state index contributed by atoms with van der Waals surface area (Å²) < 4.78 is 0. The second kappa shape index (κ2) is 11.4. The number of hydrogen-bond acceptors (Lipinski definition) is 0. The van der Waals surface area contributed by atoms with Crippen LogP contribution in [0.1, 0.15) is 159 Å². The molecule has 0 aliphatic heterocycles. The van der Waals surface area contributed by atoms with Gasteiger partial charge in [0.1, 0.15) is 0 Å². The summed E-state index contributed by atoms with van der Waals surface area (Å²) in [6, 6.07) is 17.0. The van der Waals surface area contributed by atoms with Gasteiger partial charge < -0.3 is 0 Å². The molecule has 0 aromatic heterocycles. The maximum atomic E-state index is 2.50. The third kappa shape index (κ3) is 5.95. The third-order valence-corrected chi connectivity index (χ3v) is 8.07. The van der Waals surface area contributed by atoms with Gasteiger partial charge in [0.25, 0.3) is 0 Å². The van der Waals surface area contributed by atoms with Crippen molar-refractivity contribution in [3.8, 4) is 22.3 Å². The molecule has 3 aromatic rings. The Balaban J connectivity index is 2.59. The Morgan fingerprint density at radius 1 is 0.500 bits per heavy atom. The van der Waals surface area contributed by atoms with Gasteiger partial charge in [0.2, 0.25) is 0 Å². The van der Waals surface area contributed by atoms with Crippen LogP contribution in [-0.4, -0.2) is 0 Å². The van der Waals surface area contributed by atoms with Gasteiger partial charge in [-0.15, -0.1) is 0 Å². The normalized spacial score (nSPS) is 12.6. The zero-order valence-electron chi connectivity index (χ0n) is 26.9. The van der Waals surface area contributed by atoms with Gasteiger partial charge >= 0.3 is 0 Å². The fourth-order valence-electron chi connectivity index (χ4n) is 6.11. The molecule has 0 amide bonds. The molecule has 0 aliphatic carbocycles. The predicted octanol–water partition coefficient (Wildman–Crippen LogP) is 12.2. The summed E-state index contributed by atoms with van der Waals surface area (Å²) in [5.74, 6) is 2.34. The van der Waals surface area contributed by atoms with E-state index < -0.39 is 0 Å². The standard InChI is InChI=1S/C38H54/c1-22(2)28-20-33(25(7)8)36(34(21-28)26(9)10)30-17-15-16-29(37(30)38(12,13)14)35-31(23(3)4)18-27(11)19-32(35)24(5)6/h15-26H,1-14H3. The summed E-state index contributed by atoms with van der Waals surface area (Å²) in [6.45, 7) is 33.0. The first kappa shape index (κ1) is 30.2. The minimum absolute atomic E-state index is 0.0153. The molecule has 0 atom stereocenters. The molecule has 38 heavy (non-hydrogen) atoms. The summed E-state index contributed by atoms with van der Waals surface area (Å²) in [5, 5.41) is 0. The van der Waals surface area contributed by atoms with Crippen molar-refractivity contribution in [3.05, 3.63) is 81.4 Å². The van der Waals surface area contributed by atoms with Crippen LogP contribution < -0.4 is 0 Å². The molecule has 3 rings (SSSR count). The number of benzene rings is 3. The second-order valence-electron chi connectivity index (χ2n) is 14.1. The van der Waals surface area contributed by atoms with E-state index >= 15 is 0 Å². The molecule has 0 N–H and O–H groups in total. The first-order valence-corrected chi connectivity index (χ1v) is 15.0. The van der Waals surface area contributed by atoms with Crippen LogP contribution in [-0.2, 0) is 5.41 Å². The van der Waals surface area contributed by atoms with Crippen LogP contribution >= 0.6 is 0 Å². The predicted molar refractivity (Wildman–Crippen MR) is 171 cm³/mol. The van der Waals surface area contributed by atoms with E-state index in [0.717, 1.165) is 0 Å². The molecule has 0 heterocycles. The molecule has 3 aromatic carbocycles. The van der Waals surface area contributed by atoms with Gasteiger partial charge in [-0.3, -0.25) is 0 Å². The minimum Gasteiger partial charge on any atom is -0.0610 e.